The van der Waals surface area contributed by atoms with Crippen LogP contribution in [-0.4, -0.2) is 31.1 Å². The van der Waals surface area contributed by atoms with Crippen LogP contribution in [0.5, 0.6) is 11.5 Å². The topological polar surface area (TPSA) is 103 Å². The number of carbonyl (C=O) groups excluding carboxylic acids is 1. The maximum atomic E-state index is 13.3. The second-order valence-electron chi connectivity index (χ2n) is 7.96. The van der Waals surface area contributed by atoms with Crippen molar-refractivity contribution in [3.8, 4) is 11.5 Å². The first kappa shape index (κ1) is 23.4. The van der Waals surface area contributed by atoms with Crippen molar-refractivity contribution in [3.05, 3.63) is 88.9 Å². The van der Waals surface area contributed by atoms with E-state index in [0.717, 1.165) is 29.0 Å². The van der Waals surface area contributed by atoms with Gasteiger partial charge in [0.25, 0.3) is 5.91 Å². The van der Waals surface area contributed by atoms with Crippen molar-refractivity contribution < 1.29 is 14.3 Å². The number of halogens is 1. The van der Waals surface area contributed by atoms with E-state index >= 15 is 0 Å². The maximum Gasteiger partial charge on any atom is 0.268 e. The van der Waals surface area contributed by atoms with Gasteiger partial charge in [-0.05, 0) is 53.9 Å². The SMILES string of the molecule is NC(N)=NCCc1ccc(OCCC2Oc3ccccc3N(Cc3ccc(Cl)cc3)C2=O)cc1. The highest BCUT2D eigenvalue weighted by atomic mass is 35.5. The summed E-state index contributed by atoms with van der Waals surface area (Å²) in [7, 11) is 0. The number of hydrogen-bond acceptors (Lipinski definition) is 4. The Morgan fingerprint density at radius 1 is 1.00 bits per heavy atom. The number of fused-ring (bicyclic) bond motifs is 1. The Balaban J connectivity index is 1.37. The van der Waals surface area contributed by atoms with E-state index in [1.165, 1.54) is 0 Å². The molecule has 34 heavy (non-hydrogen) atoms. The van der Waals surface area contributed by atoms with Gasteiger partial charge in [0.1, 0.15) is 11.5 Å². The number of nitrogens with two attached hydrogens (primary N) is 2. The normalized spacial score (nSPS) is 14.8. The van der Waals surface area contributed by atoms with Crippen molar-refractivity contribution in [2.75, 3.05) is 18.1 Å². The molecular formula is C26H27ClN4O3. The Morgan fingerprint density at radius 3 is 2.44 bits per heavy atom. The number of aliphatic imine (C=N–C) groups is 1. The molecule has 3 aromatic rings. The van der Waals surface area contributed by atoms with Crippen molar-refractivity contribution in [1.29, 1.82) is 0 Å². The first-order valence-electron chi connectivity index (χ1n) is 11.1. The average Bonchev–Trinajstić information content (AvgIpc) is 2.83. The summed E-state index contributed by atoms with van der Waals surface area (Å²) < 4.78 is 11.9. The number of anilines is 1. The number of ether oxygens (including phenoxy) is 2. The van der Waals surface area contributed by atoms with Gasteiger partial charge in [0.2, 0.25) is 0 Å². The van der Waals surface area contributed by atoms with Gasteiger partial charge in [0.15, 0.2) is 12.1 Å². The lowest BCUT2D eigenvalue weighted by Gasteiger charge is -2.34. The molecular weight excluding hydrogens is 452 g/mol. The monoisotopic (exact) mass is 478 g/mol. The molecule has 0 fully saturated rings. The zero-order valence-electron chi connectivity index (χ0n) is 18.7. The molecule has 1 heterocycles. The molecule has 1 aliphatic heterocycles. The summed E-state index contributed by atoms with van der Waals surface area (Å²) in [5, 5.41) is 0.661. The van der Waals surface area contributed by atoms with Crippen LogP contribution in [0.2, 0.25) is 5.02 Å². The summed E-state index contributed by atoms with van der Waals surface area (Å²) in [5.74, 6) is 1.42. The fourth-order valence-electron chi connectivity index (χ4n) is 3.74. The van der Waals surface area contributed by atoms with Gasteiger partial charge in [-0.1, -0.05) is 48.0 Å². The largest absolute Gasteiger partial charge is 0.493 e. The highest BCUT2D eigenvalue weighted by molar-refractivity contribution is 6.30. The molecule has 0 aromatic heterocycles. The van der Waals surface area contributed by atoms with Crippen molar-refractivity contribution in [2.45, 2.75) is 25.5 Å². The number of nitrogens with zero attached hydrogens (tertiary/aromatic N) is 2. The van der Waals surface area contributed by atoms with Crippen LogP contribution in [0.15, 0.2) is 77.8 Å². The van der Waals surface area contributed by atoms with Crippen LogP contribution in [0.25, 0.3) is 0 Å². The Morgan fingerprint density at radius 2 is 1.71 bits per heavy atom. The number of benzene rings is 3. The summed E-state index contributed by atoms with van der Waals surface area (Å²) in [5.41, 5.74) is 13.6. The van der Waals surface area contributed by atoms with E-state index in [9.17, 15) is 4.79 Å². The average molecular weight is 479 g/mol. The zero-order valence-corrected chi connectivity index (χ0v) is 19.4. The van der Waals surface area contributed by atoms with Crippen LogP contribution in [0.3, 0.4) is 0 Å². The lowest BCUT2D eigenvalue weighted by atomic mass is 10.1. The molecule has 1 amide bonds. The molecule has 4 N–H and O–H groups in total. The Bertz CT molecular complexity index is 1150. The Labute approximate surface area is 203 Å². The minimum atomic E-state index is -0.624. The molecule has 1 atom stereocenters. The van der Waals surface area contributed by atoms with Gasteiger partial charge in [-0.3, -0.25) is 9.79 Å². The molecule has 7 nitrogen and oxygen atoms in total. The minimum absolute atomic E-state index is 0.0904. The molecule has 0 aliphatic carbocycles. The van der Waals surface area contributed by atoms with E-state index in [1.807, 2.05) is 72.8 Å². The number of rotatable bonds is 9. The van der Waals surface area contributed by atoms with Crippen LogP contribution in [0.1, 0.15) is 17.5 Å². The van der Waals surface area contributed by atoms with Crippen molar-refractivity contribution in [1.82, 2.24) is 0 Å². The van der Waals surface area contributed by atoms with Crippen LogP contribution >= 0.6 is 11.6 Å². The molecule has 1 aliphatic rings. The molecule has 3 aromatic carbocycles. The summed E-state index contributed by atoms with van der Waals surface area (Å²) in [6.07, 6.45) is 0.545. The fourth-order valence-corrected chi connectivity index (χ4v) is 3.87. The second-order valence-corrected chi connectivity index (χ2v) is 8.40. The summed E-state index contributed by atoms with van der Waals surface area (Å²) in [6, 6.07) is 22.8. The predicted octanol–water partition coefficient (Wildman–Crippen LogP) is 3.92. The molecule has 8 heteroatoms. The molecule has 0 bridgehead atoms. The van der Waals surface area contributed by atoms with Gasteiger partial charge < -0.3 is 25.8 Å². The highest BCUT2D eigenvalue weighted by Crippen LogP contribution is 2.35. The van der Waals surface area contributed by atoms with Crippen molar-refractivity contribution in [2.24, 2.45) is 16.5 Å². The van der Waals surface area contributed by atoms with E-state index < -0.39 is 6.10 Å². The van der Waals surface area contributed by atoms with Gasteiger partial charge in [-0.2, -0.15) is 0 Å². The summed E-state index contributed by atoms with van der Waals surface area (Å²) in [6.45, 7) is 1.33. The molecule has 0 saturated heterocycles. The molecule has 0 spiro atoms. The number of carbonyl (C=O) groups is 1. The second kappa shape index (κ2) is 10.9. The van der Waals surface area contributed by atoms with Gasteiger partial charge >= 0.3 is 0 Å². The zero-order chi connectivity index (χ0) is 23.9. The van der Waals surface area contributed by atoms with E-state index in [4.69, 9.17) is 32.5 Å². The van der Waals surface area contributed by atoms with Gasteiger partial charge in [0.05, 0.1) is 18.8 Å². The Hall–Kier alpha value is -3.71. The summed E-state index contributed by atoms with van der Waals surface area (Å²) >= 11 is 6.01. The lowest BCUT2D eigenvalue weighted by Crippen LogP contribution is -2.46. The number of guanidine groups is 1. The van der Waals surface area contributed by atoms with Gasteiger partial charge in [0, 0.05) is 18.0 Å². The first-order valence-corrected chi connectivity index (χ1v) is 11.5. The number of hydrogen-bond donors (Lipinski definition) is 2. The molecule has 4 rings (SSSR count). The smallest absolute Gasteiger partial charge is 0.268 e. The third kappa shape index (κ3) is 5.99. The van der Waals surface area contributed by atoms with Crippen LogP contribution in [0.4, 0.5) is 5.69 Å². The van der Waals surface area contributed by atoms with E-state index in [0.29, 0.717) is 36.9 Å². The highest BCUT2D eigenvalue weighted by Gasteiger charge is 2.34. The molecule has 0 radical (unpaired) electrons. The van der Waals surface area contributed by atoms with E-state index in [1.54, 1.807) is 4.90 Å². The Kier molecular flexibility index (Phi) is 7.54. The van der Waals surface area contributed by atoms with E-state index in [-0.39, 0.29) is 11.9 Å². The number of para-hydroxylation sites is 2. The molecule has 1 unspecified atom stereocenters. The van der Waals surface area contributed by atoms with Gasteiger partial charge in [-0.25, -0.2) is 0 Å². The van der Waals surface area contributed by atoms with Crippen LogP contribution in [-0.2, 0) is 17.8 Å². The first-order chi connectivity index (χ1) is 16.5. The van der Waals surface area contributed by atoms with Crippen molar-refractivity contribution >= 4 is 29.2 Å². The third-order valence-electron chi connectivity index (χ3n) is 5.49. The molecule has 0 saturated carbocycles. The lowest BCUT2D eigenvalue weighted by molar-refractivity contribution is -0.127. The van der Waals surface area contributed by atoms with E-state index in [2.05, 4.69) is 4.99 Å². The van der Waals surface area contributed by atoms with Crippen LogP contribution in [0, 0.1) is 0 Å². The van der Waals surface area contributed by atoms with Crippen molar-refractivity contribution in [3.63, 3.8) is 0 Å². The predicted molar refractivity (Wildman–Crippen MR) is 134 cm³/mol. The van der Waals surface area contributed by atoms with Crippen LogP contribution < -0.4 is 25.8 Å². The fraction of sp³-hybridized carbons (Fsp3) is 0.231. The molecule has 176 valence electrons. The van der Waals surface area contributed by atoms with Gasteiger partial charge in [-0.15, -0.1) is 0 Å². The quantitative estimate of drug-likeness (QED) is 0.358. The minimum Gasteiger partial charge on any atom is -0.493 e. The standard InChI is InChI=1S/C26H27ClN4O3/c27-20-9-5-19(6-10-20)17-31-22-3-1-2-4-23(22)34-24(25(31)32)14-16-33-21-11-7-18(8-12-21)13-15-30-26(28)29/h1-12,24H,13-17H2,(H4,28,29,30). The maximum absolute atomic E-state index is 13.3. The third-order valence-corrected chi connectivity index (χ3v) is 5.74. The summed E-state index contributed by atoms with van der Waals surface area (Å²) in [4.78, 5) is 19.0. The number of amides is 1.